The van der Waals surface area contributed by atoms with Gasteiger partial charge in [0.15, 0.2) is 0 Å². The number of urea groups is 1. The van der Waals surface area contributed by atoms with E-state index in [9.17, 15) is 14.4 Å². The summed E-state index contributed by atoms with van der Waals surface area (Å²) in [4.78, 5) is 33.0. The highest BCUT2D eigenvalue weighted by molar-refractivity contribution is 6.01. The first-order chi connectivity index (χ1) is 9.40. The fourth-order valence-electron chi connectivity index (χ4n) is 1.37. The second-order valence-corrected chi connectivity index (χ2v) is 4.14. The van der Waals surface area contributed by atoms with E-state index in [-0.39, 0.29) is 6.04 Å². The first-order valence-electron chi connectivity index (χ1n) is 5.84. The SMILES string of the molecule is CC(C)n1nccc1NC(=O)NC(=O)COCC(=O)O. The number of aromatic nitrogens is 2. The molecule has 0 aliphatic carbocycles. The van der Waals surface area contributed by atoms with Gasteiger partial charge in [-0.3, -0.25) is 15.4 Å². The Bertz CT molecular complexity index is 497. The third-order valence-corrected chi connectivity index (χ3v) is 2.11. The molecule has 3 amide bonds. The Morgan fingerprint density at radius 2 is 2.10 bits per heavy atom. The number of nitrogens with one attached hydrogen (secondary N) is 2. The topological polar surface area (TPSA) is 123 Å². The quantitative estimate of drug-likeness (QED) is 0.686. The minimum absolute atomic E-state index is 0.0508. The van der Waals surface area contributed by atoms with E-state index in [4.69, 9.17) is 5.11 Å². The number of carboxylic acids is 1. The van der Waals surface area contributed by atoms with Crippen LogP contribution in [-0.2, 0) is 14.3 Å². The smallest absolute Gasteiger partial charge is 0.329 e. The molecule has 0 saturated carbocycles. The van der Waals surface area contributed by atoms with Gasteiger partial charge in [-0.05, 0) is 13.8 Å². The first kappa shape index (κ1) is 15.6. The summed E-state index contributed by atoms with van der Waals surface area (Å²) in [5.41, 5.74) is 0. The number of carboxylic acid groups (broad SMARTS) is 1. The average molecular weight is 284 g/mol. The highest BCUT2D eigenvalue weighted by Crippen LogP contribution is 2.12. The van der Waals surface area contributed by atoms with E-state index in [2.05, 4.69) is 15.2 Å². The van der Waals surface area contributed by atoms with Crippen LogP contribution in [0.2, 0.25) is 0 Å². The number of rotatable bonds is 6. The van der Waals surface area contributed by atoms with E-state index >= 15 is 0 Å². The zero-order valence-electron chi connectivity index (χ0n) is 11.1. The maximum absolute atomic E-state index is 11.5. The van der Waals surface area contributed by atoms with Crippen molar-refractivity contribution in [3.63, 3.8) is 0 Å². The molecular weight excluding hydrogens is 268 g/mol. The summed E-state index contributed by atoms with van der Waals surface area (Å²) in [5, 5.41) is 16.8. The van der Waals surface area contributed by atoms with Crippen LogP contribution in [0.25, 0.3) is 0 Å². The highest BCUT2D eigenvalue weighted by Gasteiger charge is 2.12. The monoisotopic (exact) mass is 284 g/mol. The molecule has 0 bridgehead atoms. The number of nitrogens with zero attached hydrogens (tertiary/aromatic N) is 2. The maximum atomic E-state index is 11.5. The van der Waals surface area contributed by atoms with Crippen LogP contribution in [-0.4, -0.2) is 46.0 Å². The number of aliphatic carboxylic acids is 1. The molecule has 0 aliphatic rings. The fraction of sp³-hybridized carbons (Fsp3) is 0.455. The van der Waals surface area contributed by atoms with Crippen molar-refractivity contribution in [3.05, 3.63) is 12.3 Å². The summed E-state index contributed by atoms with van der Waals surface area (Å²) >= 11 is 0. The van der Waals surface area contributed by atoms with Crippen molar-refractivity contribution in [1.82, 2.24) is 15.1 Å². The van der Waals surface area contributed by atoms with Gasteiger partial charge in [0.05, 0.1) is 6.20 Å². The molecule has 1 heterocycles. The molecule has 1 aromatic rings. The highest BCUT2D eigenvalue weighted by atomic mass is 16.5. The molecule has 9 heteroatoms. The largest absolute Gasteiger partial charge is 0.480 e. The van der Waals surface area contributed by atoms with Crippen molar-refractivity contribution in [2.75, 3.05) is 18.5 Å². The Balaban J connectivity index is 2.41. The van der Waals surface area contributed by atoms with Crippen LogP contribution in [0.3, 0.4) is 0 Å². The van der Waals surface area contributed by atoms with Crippen molar-refractivity contribution in [2.45, 2.75) is 19.9 Å². The molecule has 9 nitrogen and oxygen atoms in total. The van der Waals surface area contributed by atoms with Crippen molar-refractivity contribution >= 4 is 23.7 Å². The van der Waals surface area contributed by atoms with Crippen molar-refractivity contribution in [2.24, 2.45) is 0 Å². The molecule has 0 aliphatic heterocycles. The maximum Gasteiger partial charge on any atom is 0.329 e. The van der Waals surface area contributed by atoms with Crippen molar-refractivity contribution in [3.8, 4) is 0 Å². The number of hydrogen-bond acceptors (Lipinski definition) is 5. The van der Waals surface area contributed by atoms with Gasteiger partial charge in [-0.15, -0.1) is 0 Å². The molecule has 0 atom stereocenters. The lowest BCUT2D eigenvalue weighted by atomic mass is 10.4. The number of ether oxygens (including phenoxy) is 1. The normalized spacial score (nSPS) is 10.3. The lowest BCUT2D eigenvalue weighted by molar-refractivity contribution is -0.143. The fourth-order valence-corrected chi connectivity index (χ4v) is 1.37. The average Bonchev–Trinajstić information content (AvgIpc) is 2.76. The predicted octanol–water partition coefficient (Wildman–Crippen LogP) is 0.213. The molecular formula is C11H16N4O5. The van der Waals surface area contributed by atoms with E-state index in [1.165, 1.54) is 6.20 Å². The molecule has 0 radical (unpaired) electrons. The first-order valence-corrected chi connectivity index (χ1v) is 5.84. The van der Waals surface area contributed by atoms with Crippen LogP contribution in [0.4, 0.5) is 10.6 Å². The number of imide groups is 1. The van der Waals surface area contributed by atoms with Gasteiger partial charge in [-0.1, -0.05) is 0 Å². The molecule has 1 aromatic heterocycles. The van der Waals surface area contributed by atoms with E-state index in [1.807, 2.05) is 19.2 Å². The molecule has 1 rings (SSSR count). The zero-order valence-corrected chi connectivity index (χ0v) is 11.1. The van der Waals surface area contributed by atoms with Gasteiger partial charge in [0, 0.05) is 12.1 Å². The Morgan fingerprint density at radius 1 is 1.40 bits per heavy atom. The molecule has 110 valence electrons. The van der Waals surface area contributed by atoms with Crippen LogP contribution < -0.4 is 10.6 Å². The van der Waals surface area contributed by atoms with Crippen molar-refractivity contribution in [1.29, 1.82) is 0 Å². The van der Waals surface area contributed by atoms with Crippen LogP contribution in [0.1, 0.15) is 19.9 Å². The summed E-state index contributed by atoms with van der Waals surface area (Å²) in [6.45, 7) is 2.67. The van der Waals surface area contributed by atoms with Gasteiger partial charge in [0.2, 0.25) is 0 Å². The minimum atomic E-state index is -1.19. The molecule has 0 unspecified atom stereocenters. The van der Waals surface area contributed by atoms with Gasteiger partial charge in [-0.2, -0.15) is 5.10 Å². The van der Waals surface area contributed by atoms with E-state index in [0.29, 0.717) is 5.82 Å². The molecule has 0 spiro atoms. The van der Waals surface area contributed by atoms with Crippen LogP contribution in [0.15, 0.2) is 12.3 Å². The molecule has 0 fully saturated rings. The van der Waals surface area contributed by atoms with Gasteiger partial charge < -0.3 is 9.84 Å². The lowest BCUT2D eigenvalue weighted by Gasteiger charge is -2.11. The third-order valence-electron chi connectivity index (χ3n) is 2.11. The van der Waals surface area contributed by atoms with Crippen LogP contribution >= 0.6 is 0 Å². The summed E-state index contributed by atoms with van der Waals surface area (Å²) in [6.07, 6.45) is 1.52. The summed E-state index contributed by atoms with van der Waals surface area (Å²) in [5.74, 6) is -1.49. The Kier molecular flexibility index (Phi) is 5.66. The van der Waals surface area contributed by atoms with Gasteiger partial charge in [0.25, 0.3) is 5.91 Å². The van der Waals surface area contributed by atoms with Gasteiger partial charge in [-0.25, -0.2) is 14.3 Å². The number of carbonyl (C=O) groups excluding carboxylic acids is 2. The summed E-state index contributed by atoms with van der Waals surface area (Å²) in [6, 6.07) is 0.900. The standard InChI is InChI=1S/C11H16N4O5/c1-7(2)15-8(3-4-12-15)13-11(19)14-9(16)5-20-6-10(17)18/h3-4,7H,5-6H2,1-2H3,(H,17,18)(H2,13,14,16,19). The third kappa shape index (κ3) is 5.06. The zero-order chi connectivity index (χ0) is 15.1. The number of hydrogen-bond donors (Lipinski definition) is 3. The summed E-state index contributed by atoms with van der Waals surface area (Å²) < 4.78 is 6.12. The lowest BCUT2D eigenvalue weighted by Crippen LogP contribution is -2.37. The van der Waals surface area contributed by atoms with Crippen LogP contribution in [0.5, 0.6) is 0 Å². The molecule has 0 aromatic carbocycles. The van der Waals surface area contributed by atoms with Gasteiger partial charge >= 0.3 is 12.0 Å². The van der Waals surface area contributed by atoms with E-state index in [1.54, 1.807) is 10.7 Å². The van der Waals surface area contributed by atoms with Crippen molar-refractivity contribution < 1.29 is 24.2 Å². The van der Waals surface area contributed by atoms with E-state index in [0.717, 1.165) is 0 Å². The summed E-state index contributed by atoms with van der Waals surface area (Å²) in [7, 11) is 0. The predicted molar refractivity (Wildman–Crippen MR) is 68.2 cm³/mol. The second kappa shape index (κ2) is 7.24. The molecule has 3 N–H and O–H groups in total. The Labute approximate surface area is 114 Å². The second-order valence-electron chi connectivity index (χ2n) is 4.14. The minimum Gasteiger partial charge on any atom is -0.480 e. The van der Waals surface area contributed by atoms with Crippen LogP contribution in [0, 0.1) is 0 Å². The molecule has 20 heavy (non-hydrogen) atoms. The Morgan fingerprint density at radius 3 is 2.70 bits per heavy atom. The number of anilines is 1. The van der Waals surface area contributed by atoms with E-state index < -0.39 is 31.1 Å². The Hall–Kier alpha value is -2.42. The number of carbonyl (C=O) groups is 3. The molecule has 0 saturated heterocycles. The number of amides is 3. The van der Waals surface area contributed by atoms with Gasteiger partial charge in [0.1, 0.15) is 19.0 Å².